The molecule has 110 valence electrons. The molecule has 0 saturated carbocycles. The van der Waals surface area contributed by atoms with Crippen LogP contribution >= 0.6 is 0 Å². The first-order chi connectivity index (χ1) is 11.2. The van der Waals surface area contributed by atoms with Crippen molar-refractivity contribution in [3.63, 3.8) is 0 Å². The lowest BCUT2D eigenvalue weighted by molar-refractivity contribution is 1.41. The maximum Gasteiger partial charge on any atom is 0.195 e. The van der Waals surface area contributed by atoms with Gasteiger partial charge in [-0.25, -0.2) is 0 Å². The number of anilines is 1. The molecule has 23 heavy (non-hydrogen) atoms. The van der Waals surface area contributed by atoms with Crippen LogP contribution < -0.4 is 11.2 Å². The zero-order valence-electron chi connectivity index (χ0n) is 12.4. The molecular weight excluding hydrogens is 284 g/mol. The van der Waals surface area contributed by atoms with Gasteiger partial charge >= 0.3 is 0 Å². The Morgan fingerprint density at radius 3 is 2.39 bits per heavy atom. The molecule has 3 nitrogen and oxygen atoms in total. The van der Waals surface area contributed by atoms with Crippen molar-refractivity contribution in [3.05, 3.63) is 83.2 Å². The molecule has 0 radical (unpaired) electrons. The molecule has 4 aromatic rings. The number of hydrogen-bond donors (Lipinski definition) is 1. The molecule has 0 atom stereocenters. The predicted octanol–water partition coefficient (Wildman–Crippen LogP) is 4.00. The Hall–Kier alpha value is -3.20. The van der Waals surface area contributed by atoms with Crippen LogP contribution in [0.1, 0.15) is 0 Å². The van der Waals surface area contributed by atoms with Gasteiger partial charge in [-0.05, 0) is 35.2 Å². The van der Waals surface area contributed by atoms with Crippen LogP contribution in [0.25, 0.3) is 32.8 Å². The molecule has 0 aliphatic heterocycles. The summed E-state index contributed by atoms with van der Waals surface area (Å²) >= 11 is 0. The number of hydrogen-bond acceptors (Lipinski definition) is 3. The van der Waals surface area contributed by atoms with Crippen molar-refractivity contribution in [1.82, 2.24) is 4.98 Å². The number of nitrogen functional groups attached to an aromatic ring is 1. The molecule has 0 bridgehead atoms. The van der Waals surface area contributed by atoms with E-state index >= 15 is 0 Å². The van der Waals surface area contributed by atoms with Crippen LogP contribution in [0.4, 0.5) is 5.69 Å². The van der Waals surface area contributed by atoms with Crippen LogP contribution in [0.3, 0.4) is 0 Å². The van der Waals surface area contributed by atoms with E-state index in [0.29, 0.717) is 22.0 Å². The van der Waals surface area contributed by atoms with Crippen molar-refractivity contribution in [3.8, 4) is 11.1 Å². The van der Waals surface area contributed by atoms with Gasteiger partial charge < -0.3 is 5.73 Å². The fourth-order valence-corrected chi connectivity index (χ4v) is 2.81. The van der Waals surface area contributed by atoms with E-state index in [1.165, 1.54) is 0 Å². The van der Waals surface area contributed by atoms with Crippen molar-refractivity contribution < 1.29 is 0 Å². The number of nitrogens with two attached hydrogens (primary N) is 1. The third-order valence-electron chi connectivity index (χ3n) is 4.01. The highest BCUT2D eigenvalue weighted by Gasteiger charge is 2.06. The second-order valence-corrected chi connectivity index (χ2v) is 5.53. The van der Waals surface area contributed by atoms with E-state index in [1.807, 2.05) is 54.6 Å². The molecule has 0 saturated heterocycles. The lowest BCUT2D eigenvalue weighted by Gasteiger charge is -2.01. The van der Waals surface area contributed by atoms with Crippen LogP contribution in [0.15, 0.2) is 77.7 Å². The molecule has 0 aliphatic carbocycles. The van der Waals surface area contributed by atoms with Gasteiger partial charge in [0, 0.05) is 28.2 Å². The summed E-state index contributed by atoms with van der Waals surface area (Å²) in [5.74, 6) is 0. The van der Waals surface area contributed by atoms with Gasteiger partial charge in [0.15, 0.2) is 5.43 Å². The van der Waals surface area contributed by atoms with Gasteiger partial charge in [-0.15, -0.1) is 0 Å². The maximum atomic E-state index is 12.9. The van der Waals surface area contributed by atoms with Crippen LogP contribution in [-0.2, 0) is 0 Å². The summed E-state index contributed by atoms with van der Waals surface area (Å²) in [4.78, 5) is 17.4. The molecule has 0 aliphatic rings. The Labute approximate surface area is 133 Å². The lowest BCUT2D eigenvalue weighted by atomic mass is 10.1. The number of fused-ring (bicyclic) bond motifs is 2. The molecule has 3 heteroatoms. The summed E-state index contributed by atoms with van der Waals surface area (Å²) in [5, 5.41) is 2.09. The smallest absolute Gasteiger partial charge is 0.195 e. The van der Waals surface area contributed by atoms with Gasteiger partial charge in [-0.3, -0.25) is 9.78 Å². The van der Waals surface area contributed by atoms with E-state index in [4.69, 9.17) is 5.73 Å². The molecule has 0 fully saturated rings. The third-order valence-corrected chi connectivity index (χ3v) is 4.01. The van der Waals surface area contributed by atoms with Crippen molar-refractivity contribution in [2.24, 2.45) is 0 Å². The summed E-state index contributed by atoms with van der Waals surface area (Å²) in [7, 11) is 0. The molecule has 0 unspecified atom stereocenters. The zero-order chi connectivity index (χ0) is 15.8. The van der Waals surface area contributed by atoms with Gasteiger partial charge in [0.25, 0.3) is 0 Å². The van der Waals surface area contributed by atoms with E-state index in [2.05, 4.69) is 4.98 Å². The fraction of sp³-hybridized carbons (Fsp3) is 0. The second-order valence-electron chi connectivity index (χ2n) is 5.53. The average molecular weight is 298 g/mol. The average Bonchev–Trinajstić information content (AvgIpc) is 2.73. The van der Waals surface area contributed by atoms with E-state index in [9.17, 15) is 4.79 Å². The molecule has 0 spiro atoms. The molecule has 2 N–H and O–H groups in total. The Bertz CT molecular complexity index is 1090. The first-order valence-electron chi connectivity index (χ1n) is 7.40. The van der Waals surface area contributed by atoms with Crippen molar-refractivity contribution in [2.45, 2.75) is 0 Å². The molecule has 1 aromatic heterocycles. The van der Waals surface area contributed by atoms with Gasteiger partial charge in [0.1, 0.15) is 0 Å². The SMILES string of the molecule is Nc1ccc2ccc3ncc(-c4ccccc4)cc3c(=O)c2c1. The van der Waals surface area contributed by atoms with E-state index < -0.39 is 0 Å². The number of aromatic nitrogens is 1. The Kier molecular flexibility index (Phi) is 3.05. The quantitative estimate of drug-likeness (QED) is 0.540. The minimum absolute atomic E-state index is 0.0439. The Balaban J connectivity index is 2.10. The Morgan fingerprint density at radius 2 is 1.57 bits per heavy atom. The summed E-state index contributed by atoms with van der Waals surface area (Å²) in [6, 6.07) is 21.0. The predicted molar refractivity (Wildman–Crippen MR) is 95.4 cm³/mol. The van der Waals surface area contributed by atoms with Crippen molar-refractivity contribution in [2.75, 3.05) is 5.73 Å². The number of benzene rings is 2. The molecular formula is C20H14N2O. The van der Waals surface area contributed by atoms with Crippen molar-refractivity contribution >= 4 is 27.4 Å². The normalized spacial score (nSPS) is 11.0. The standard InChI is InChI=1S/C20H14N2O/c21-16-8-6-14-7-9-19-18(20(23)17(14)11-16)10-15(12-22-19)13-4-2-1-3-5-13/h1-12H,21H2. The number of nitrogens with zero attached hydrogens (tertiary/aromatic N) is 1. The lowest BCUT2D eigenvalue weighted by Crippen LogP contribution is -2.00. The maximum absolute atomic E-state index is 12.9. The number of rotatable bonds is 1. The highest BCUT2D eigenvalue weighted by Crippen LogP contribution is 2.22. The summed E-state index contributed by atoms with van der Waals surface area (Å²) in [6.07, 6.45) is 1.80. The first kappa shape index (κ1) is 13.5. The van der Waals surface area contributed by atoms with Crippen LogP contribution in [0, 0.1) is 0 Å². The third kappa shape index (κ3) is 2.32. The minimum atomic E-state index is -0.0439. The monoisotopic (exact) mass is 298 g/mol. The zero-order valence-corrected chi connectivity index (χ0v) is 12.4. The minimum Gasteiger partial charge on any atom is -0.399 e. The highest BCUT2D eigenvalue weighted by atomic mass is 16.1. The van der Waals surface area contributed by atoms with Gasteiger partial charge in [0.05, 0.1) is 5.52 Å². The van der Waals surface area contributed by atoms with Gasteiger partial charge in [-0.2, -0.15) is 0 Å². The summed E-state index contributed by atoms with van der Waals surface area (Å²) < 4.78 is 0. The molecule has 3 aromatic carbocycles. The van der Waals surface area contributed by atoms with E-state index in [1.54, 1.807) is 18.3 Å². The summed E-state index contributed by atoms with van der Waals surface area (Å²) in [6.45, 7) is 0. The van der Waals surface area contributed by atoms with Crippen molar-refractivity contribution in [1.29, 1.82) is 0 Å². The topological polar surface area (TPSA) is 56.0 Å². The van der Waals surface area contributed by atoms with Crippen LogP contribution in [0.5, 0.6) is 0 Å². The number of pyridine rings is 1. The van der Waals surface area contributed by atoms with E-state index in [-0.39, 0.29) is 5.43 Å². The van der Waals surface area contributed by atoms with Crippen LogP contribution in [-0.4, -0.2) is 4.98 Å². The molecule has 0 amide bonds. The van der Waals surface area contributed by atoms with E-state index in [0.717, 1.165) is 16.5 Å². The summed E-state index contributed by atoms with van der Waals surface area (Å²) in [5.41, 5.74) is 9.04. The molecule has 1 heterocycles. The first-order valence-corrected chi connectivity index (χ1v) is 7.40. The van der Waals surface area contributed by atoms with Gasteiger partial charge in [0.2, 0.25) is 0 Å². The fourth-order valence-electron chi connectivity index (χ4n) is 2.81. The highest BCUT2D eigenvalue weighted by molar-refractivity contribution is 5.94. The Morgan fingerprint density at radius 1 is 0.783 bits per heavy atom. The second kappa shape index (κ2) is 5.21. The largest absolute Gasteiger partial charge is 0.399 e. The van der Waals surface area contributed by atoms with Gasteiger partial charge in [-0.1, -0.05) is 42.5 Å². The molecule has 4 rings (SSSR count). The van der Waals surface area contributed by atoms with Crippen LogP contribution in [0.2, 0.25) is 0 Å².